The van der Waals surface area contributed by atoms with Crippen LogP contribution in [0.2, 0.25) is 0 Å². The molecule has 0 bridgehead atoms. The van der Waals surface area contributed by atoms with Crippen molar-refractivity contribution < 1.29 is 9.59 Å². The van der Waals surface area contributed by atoms with E-state index < -0.39 is 9.28 Å². The first-order chi connectivity index (χ1) is 3.18. The summed E-state index contributed by atoms with van der Waals surface area (Å²) in [5.74, 6) is 0. The fraction of sp³-hybridized carbons (Fsp3) is 0.333. The molecule has 4 heteroatoms. The van der Waals surface area contributed by atoms with Gasteiger partial charge in [0.2, 0.25) is 0 Å². The summed E-state index contributed by atoms with van der Waals surface area (Å²) in [6.07, 6.45) is 0. The molecule has 0 aliphatic heterocycles. The van der Waals surface area contributed by atoms with Crippen molar-refractivity contribution in [3.8, 4) is 0 Å². The zero-order chi connectivity index (χ0) is 5.86. The Labute approximate surface area is 43.9 Å². The van der Waals surface area contributed by atoms with E-state index in [2.05, 4.69) is 6.58 Å². The largest absolute Gasteiger partial charge is 0.410 e. The SMILES string of the molecule is C=C(CN)[SiH](O)O. The minimum Gasteiger partial charge on any atom is -0.410 e. The quantitative estimate of drug-likeness (QED) is 0.377. The topological polar surface area (TPSA) is 66.5 Å². The second-order valence-corrected chi connectivity index (χ2v) is 2.80. The predicted molar refractivity (Wildman–Crippen MR) is 29.8 cm³/mol. The maximum Gasteiger partial charge on any atom is 0.346 e. The summed E-state index contributed by atoms with van der Waals surface area (Å²) in [4.78, 5) is 16.7. The molecule has 0 aromatic carbocycles. The molecular formula is C3H9NO2Si. The van der Waals surface area contributed by atoms with Gasteiger partial charge in [0, 0.05) is 6.54 Å². The molecule has 0 rings (SSSR count). The first-order valence-electron chi connectivity index (χ1n) is 1.92. The van der Waals surface area contributed by atoms with E-state index in [1.165, 1.54) is 0 Å². The van der Waals surface area contributed by atoms with Gasteiger partial charge in [-0.05, 0) is 5.20 Å². The van der Waals surface area contributed by atoms with E-state index in [0.717, 1.165) is 0 Å². The second kappa shape index (κ2) is 2.92. The molecule has 4 N–H and O–H groups in total. The van der Waals surface area contributed by atoms with Gasteiger partial charge in [-0.25, -0.2) is 0 Å². The molecule has 42 valence electrons. The smallest absolute Gasteiger partial charge is 0.346 e. The molecule has 0 radical (unpaired) electrons. The molecule has 0 aromatic rings. The third-order valence-electron chi connectivity index (χ3n) is 0.627. The minimum absolute atomic E-state index is 0.184. The summed E-state index contributed by atoms with van der Waals surface area (Å²) in [5.41, 5.74) is 4.99. The van der Waals surface area contributed by atoms with E-state index in [1.807, 2.05) is 0 Å². The van der Waals surface area contributed by atoms with Gasteiger partial charge in [-0.1, -0.05) is 6.58 Å². The van der Waals surface area contributed by atoms with Crippen LogP contribution in [0.5, 0.6) is 0 Å². The van der Waals surface area contributed by atoms with Crippen molar-refractivity contribution in [3.63, 3.8) is 0 Å². The first kappa shape index (κ1) is 6.84. The minimum atomic E-state index is -2.58. The van der Waals surface area contributed by atoms with E-state index in [-0.39, 0.29) is 6.54 Å². The molecule has 3 nitrogen and oxygen atoms in total. The Bertz CT molecular complexity index is 73.3. The van der Waals surface area contributed by atoms with Crippen LogP contribution in [0.1, 0.15) is 0 Å². The number of hydrogen-bond acceptors (Lipinski definition) is 3. The zero-order valence-electron chi connectivity index (χ0n) is 3.96. The maximum atomic E-state index is 8.34. The summed E-state index contributed by atoms with van der Waals surface area (Å²) >= 11 is 0. The van der Waals surface area contributed by atoms with Gasteiger partial charge in [0.15, 0.2) is 0 Å². The molecule has 0 aliphatic rings. The Kier molecular flexibility index (Phi) is 2.85. The van der Waals surface area contributed by atoms with Gasteiger partial charge in [-0.15, -0.1) is 0 Å². The summed E-state index contributed by atoms with van der Waals surface area (Å²) in [6, 6.07) is 0. The summed E-state index contributed by atoms with van der Waals surface area (Å²) in [6.45, 7) is 3.49. The molecule has 0 unspecified atom stereocenters. The van der Waals surface area contributed by atoms with Crippen molar-refractivity contribution in [3.05, 3.63) is 11.8 Å². The highest BCUT2D eigenvalue weighted by Gasteiger charge is 2.02. The standard InChI is InChI=1S/C3H9NO2Si/c1-3(2-4)7(5)6/h5-7H,1-2,4H2. The molecule has 0 atom stereocenters. The number of rotatable bonds is 2. The average molecular weight is 119 g/mol. The van der Waals surface area contributed by atoms with Crippen molar-refractivity contribution in [2.45, 2.75) is 0 Å². The summed E-state index contributed by atoms with van der Waals surface area (Å²) in [7, 11) is -2.58. The Hall–Kier alpha value is -0.163. The molecule has 7 heavy (non-hydrogen) atoms. The lowest BCUT2D eigenvalue weighted by atomic mass is 10.6. The van der Waals surface area contributed by atoms with Crippen molar-refractivity contribution >= 4 is 9.28 Å². The maximum absolute atomic E-state index is 8.34. The van der Waals surface area contributed by atoms with Crippen molar-refractivity contribution in [1.82, 2.24) is 0 Å². The molecular weight excluding hydrogens is 110 g/mol. The number of nitrogens with two attached hydrogens (primary N) is 1. The lowest BCUT2D eigenvalue weighted by Crippen LogP contribution is -2.20. The Balaban J connectivity index is 3.35. The average Bonchev–Trinajstić information content (AvgIpc) is 1.65. The van der Waals surface area contributed by atoms with Crippen LogP contribution < -0.4 is 5.73 Å². The highest BCUT2D eigenvalue weighted by atomic mass is 28.3. The van der Waals surface area contributed by atoms with Gasteiger partial charge in [0.25, 0.3) is 0 Å². The van der Waals surface area contributed by atoms with Gasteiger partial charge in [-0.2, -0.15) is 0 Å². The Morgan fingerprint density at radius 3 is 2.14 bits per heavy atom. The third kappa shape index (κ3) is 2.52. The summed E-state index contributed by atoms with van der Waals surface area (Å²) in [5, 5.41) is 0.375. The zero-order valence-corrected chi connectivity index (χ0v) is 5.12. The van der Waals surface area contributed by atoms with Crippen molar-refractivity contribution in [2.24, 2.45) is 5.73 Å². The van der Waals surface area contributed by atoms with Crippen LogP contribution in [-0.2, 0) is 0 Å². The molecule has 0 heterocycles. The van der Waals surface area contributed by atoms with Gasteiger partial charge < -0.3 is 15.3 Å². The fourth-order valence-corrected chi connectivity index (χ4v) is 0.316. The van der Waals surface area contributed by atoms with E-state index in [9.17, 15) is 0 Å². The van der Waals surface area contributed by atoms with Gasteiger partial charge in [0.05, 0.1) is 0 Å². The molecule has 0 saturated carbocycles. The predicted octanol–water partition coefficient (Wildman–Crippen LogP) is -1.75. The van der Waals surface area contributed by atoms with E-state index in [1.54, 1.807) is 0 Å². The summed E-state index contributed by atoms with van der Waals surface area (Å²) < 4.78 is 0. The second-order valence-electron chi connectivity index (χ2n) is 1.24. The lowest BCUT2D eigenvalue weighted by molar-refractivity contribution is 0.418. The fourth-order valence-electron chi connectivity index (χ4n) is 0.105. The van der Waals surface area contributed by atoms with Crippen LogP contribution in [0.3, 0.4) is 0 Å². The highest BCUT2D eigenvalue weighted by Crippen LogP contribution is 1.84. The Morgan fingerprint density at radius 2 is 2.14 bits per heavy atom. The van der Waals surface area contributed by atoms with Gasteiger partial charge >= 0.3 is 9.28 Å². The molecule has 0 aromatic heterocycles. The van der Waals surface area contributed by atoms with Crippen LogP contribution in [0.15, 0.2) is 11.8 Å². The van der Waals surface area contributed by atoms with Crippen LogP contribution >= 0.6 is 0 Å². The lowest BCUT2D eigenvalue weighted by Gasteiger charge is -1.97. The molecule has 0 fully saturated rings. The van der Waals surface area contributed by atoms with Crippen LogP contribution in [0.4, 0.5) is 0 Å². The molecule has 0 amide bonds. The third-order valence-corrected chi connectivity index (χ3v) is 1.59. The molecule has 0 saturated heterocycles. The van der Waals surface area contributed by atoms with Crippen molar-refractivity contribution in [1.29, 1.82) is 0 Å². The Morgan fingerprint density at radius 1 is 1.71 bits per heavy atom. The van der Waals surface area contributed by atoms with E-state index in [4.69, 9.17) is 15.3 Å². The van der Waals surface area contributed by atoms with Crippen LogP contribution in [0.25, 0.3) is 0 Å². The van der Waals surface area contributed by atoms with Gasteiger partial charge in [-0.3, -0.25) is 0 Å². The molecule has 0 spiro atoms. The van der Waals surface area contributed by atoms with Crippen LogP contribution in [0, 0.1) is 0 Å². The monoisotopic (exact) mass is 119 g/mol. The van der Waals surface area contributed by atoms with Gasteiger partial charge in [0.1, 0.15) is 0 Å². The van der Waals surface area contributed by atoms with Crippen molar-refractivity contribution in [2.75, 3.05) is 6.54 Å². The van der Waals surface area contributed by atoms with E-state index in [0.29, 0.717) is 5.20 Å². The van der Waals surface area contributed by atoms with Crippen LogP contribution in [-0.4, -0.2) is 25.4 Å². The normalized spacial score (nSPS) is 9.71. The first-order valence-corrected chi connectivity index (χ1v) is 3.53. The highest BCUT2D eigenvalue weighted by molar-refractivity contribution is 6.50. The number of hydrogen-bond donors (Lipinski definition) is 3. The molecule has 0 aliphatic carbocycles. The van der Waals surface area contributed by atoms with E-state index >= 15 is 0 Å².